The number of hydrogen-bond donors (Lipinski definition) is 1. The van der Waals surface area contributed by atoms with Crippen LogP contribution in [0.5, 0.6) is 0 Å². The first-order chi connectivity index (χ1) is 11.6. The molecule has 2 heterocycles. The van der Waals surface area contributed by atoms with E-state index < -0.39 is 0 Å². The van der Waals surface area contributed by atoms with Gasteiger partial charge in [0.1, 0.15) is 5.82 Å². The first-order valence-electron chi connectivity index (χ1n) is 7.60. The first kappa shape index (κ1) is 17.4. The number of halogens is 2. The monoisotopic (exact) mass is 457 g/mol. The molecule has 0 bridgehead atoms. The van der Waals surface area contributed by atoms with Crippen molar-refractivity contribution in [1.29, 1.82) is 0 Å². The summed E-state index contributed by atoms with van der Waals surface area (Å²) in [5.41, 5.74) is 0.653. The number of hydrogen-bond acceptors (Lipinski definition) is 5. The third-order valence-corrected chi connectivity index (χ3v) is 4.80. The summed E-state index contributed by atoms with van der Waals surface area (Å²) >= 11 is 8.34. The molecule has 1 aromatic heterocycles. The van der Waals surface area contributed by atoms with Crippen LogP contribution in [0.2, 0.25) is 5.02 Å². The van der Waals surface area contributed by atoms with Crippen molar-refractivity contribution in [2.45, 2.75) is 0 Å². The molecule has 0 saturated carbocycles. The third kappa shape index (κ3) is 4.55. The molecule has 1 fully saturated rings. The molecule has 2 aromatic rings. The van der Waals surface area contributed by atoms with Gasteiger partial charge in [-0.3, -0.25) is 14.7 Å². The number of amides is 1. The van der Waals surface area contributed by atoms with Crippen LogP contribution in [0.4, 0.5) is 11.5 Å². The van der Waals surface area contributed by atoms with E-state index in [4.69, 9.17) is 11.6 Å². The lowest BCUT2D eigenvalue weighted by Crippen LogP contribution is -2.49. The highest BCUT2D eigenvalue weighted by atomic mass is 127. The van der Waals surface area contributed by atoms with Gasteiger partial charge in [0.05, 0.1) is 23.5 Å². The Morgan fingerprint density at radius 2 is 2.04 bits per heavy atom. The molecule has 6 nitrogen and oxygen atoms in total. The van der Waals surface area contributed by atoms with Gasteiger partial charge in [-0.25, -0.2) is 4.98 Å². The van der Waals surface area contributed by atoms with Crippen molar-refractivity contribution in [2.24, 2.45) is 0 Å². The van der Waals surface area contributed by atoms with Gasteiger partial charge in [-0.05, 0) is 40.8 Å². The van der Waals surface area contributed by atoms with E-state index in [-0.39, 0.29) is 5.91 Å². The number of aromatic nitrogens is 2. The zero-order valence-electron chi connectivity index (χ0n) is 13.0. The van der Waals surface area contributed by atoms with Crippen molar-refractivity contribution in [3.8, 4) is 0 Å². The van der Waals surface area contributed by atoms with E-state index in [0.717, 1.165) is 35.6 Å². The highest BCUT2D eigenvalue weighted by Crippen LogP contribution is 2.23. The molecule has 1 saturated heterocycles. The van der Waals surface area contributed by atoms with Crippen LogP contribution in [-0.2, 0) is 4.79 Å². The maximum atomic E-state index is 12.2. The van der Waals surface area contributed by atoms with E-state index in [1.165, 1.54) is 0 Å². The Bertz CT molecular complexity index is 707. The van der Waals surface area contributed by atoms with Gasteiger partial charge in [-0.2, -0.15) is 0 Å². The van der Waals surface area contributed by atoms with Crippen LogP contribution < -0.4 is 10.2 Å². The first-order valence-corrected chi connectivity index (χ1v) is 9.06. The Balaban J connectivity index is 1.50. The summed E-state index contributed by atoms with van der Waals surface area (Å²) in [5, 5.41) is 3.43. The minimum absolute atomic E-state index is 0.0499. The summed E-state index contributed by atoms with van der Waals surface area (Å²) < 4.78 is 1.04. The van der Waals surface area contributed by atoms with Gasteiger partial charge >= 0.3 is 0 Å². The predicted molar refractivity (Wildman–Crippen MR) is 103 cm³/mol. The average molecular weight is 458 g/mol. The van der Waals surface area contributed by atoms with Crippen LogP contribution in [0.1, 0.15) is 0 Å². The molecule has 0 atom stereocenters. The minimum Gasteiger partial charge on any atom is -0.353 e. The molecule has 8 heteroatoms. The average Bonchev–Trinajstić information content (AvgIpc) is 2.59. The molecule has 24 heavy (non-hydrogen) atoms. The zero-order valence-corrected chi connectivity index (χ0v) is 15.9. The highest BCUT2D eigenvalue weighted by Gasteiger charge is 2.20. The van der Waals surface area contributed by atoms with E-state index in [2.05, 4.69) is 47.7 Å². The molecule has 3 rings (SSSR count). The lowest BCUT2D eigenvalue weighted by Gasteiger charge is -2.34. The molecular formula is C16H17ClIN5O. The number of carbonyl (C=O) groups excluding carboxylic acids is 1. The van der Waals surface area contributed by atoms with Gasteiger partial charge in [0, 0.05) is 42.1 Å². The Kier molecular flexibility index (Phi) is 5.85. The maximum absolute atomic E-state index is 12.2. The Morgan fingerprint density at radius 1 is 1.25 bits per heavy atom. The molecule has 0 aliphatic carbocycles. The van der Waals surface area contributed by atoms with Crippen molar-refractivity contribution >= 4 is 51.6 Å². The largest absolute Gasteiger partial charge is 0.353 e. The number of benzene rings is 1. The van der Waals surface area contributed by atoms with Crippen LogP contribution in [0.15, 0.2) is 36.8 Å². The highest BCUT2D eigenvalue weighted by molar-refractivity contribution is 14.1. The van der Waals surface area contributed by atoms with Gasteiger partial charge in [0.15, 0.2) is 0 Å². The second-order valence-electron chi connectivity index (χ2n) is 5.50. The van der Waals surface area contributed by atoms with Crippen molar-refractivity contribution in [2.75, 3.05) is 42.9 Å². The number of anilines is 2. The van der Waals surface area contributed by atoms with E-state index in [1.54, 1.807) is 18.6 Å². The lowest BCUT2D eigenvalue weighted by atomic mass is 10.3. The molecule has 1 aliphatic rings. The third-order valence-electron chi connectivity index (χ3n) is 3.82. The topological polar surface area (TPSA) is 61.4 Å². The Morgan fingerprint density at radius 3 is 2.71 bits per heavy atom. The predicted octanol–water partition coefficient (Wildman–Crippen LogP) is 2.50. The van der Waals surface area contributed by atoms with Crippen LogP contribution in [0, 0.1) is 3.57 Å². The van der Waals surface area contributed by atoms with Gasteiger partial charge in [-0.15, -0.1) is 0 Å². The zero-order chi connectivity index (χ0) is 16.9. The fraction of sp³-hybridized carbons (Fsp3) is 0.312. The van der Waals surface area contributed by atoms with Crippen LogP contribution in [-0.4, -0.2) is 53.5 Å². The molecule has 1 N–H and O–H groups in total. The molecule has 0 spiro atoms. The molecule has 0 unspecified atom stereocenters. The van der Waals surface area contributed by atoms with Crippen LogP contribution >= 0.6 is 34.2 Å². The Labute approximate surface area is 159 Å². The number of nitrogens with zero attached hydrogens (tertiary/aromatic N) is 4. The quantitative estimate of drug-likeness (QED) is 0.715. The van der Waals surface area contributed by atoms with Gasteiger partial charge in [0.2, 0.25) is 5.91 Å². The van der Waals surface area contributed by atoms with Crippen LogP contribution in [0.3, 0.4) is 0 Å². The molecule has 1 aromatic carbocycles. The van der Waals surface area contributed by atoms with Crippen molar-refractivity contribution < 1.29 is 4.79 Å². The lowest BCUT2D eigenvalue weighted by molar-refractivity contribution is -0.117. The smallest absolute Gasteiger partial charge is 0.238 e. The number of nitrogens with one attached hydrogen (secondary N) is 1. The molecule has 0 radical (unpaired) electrons. The maximum Gasteiger partial charge on any atom is 0.238 e. The van der Waals surface area contributed by atoms with E-state index in [9.17, 15) is 4.79 Å². The summed E-state index contributed by atoms with van der Waals surface area (Å²) in [6.45, 7) is 3.64. The molecular weight excluding hydrogens is 441 g/mol. The summed E-state index contributed by atoms with van der Waals surface area (Å²) in [4.78, 5) is 24.9. The van der Waals surface area contributed by atoms with E-state index in [1.807, 2.05) is 18.2 Å². The number of carbonyl (C=O) groups is 1. The fourth-order valence-corrected chi connectivity index (χ4v) is 3.48. The minimum atomic E-state index is -0.0499. The Hall–Kier alpha value is -1.45. The fourth-order valence-electron chi connectivity index (χ4n) is 2.57. The van der Waals surface area contributed by atoms with Gasteiger partial charge < -0.3 is 10.2 Å². The normalized spacial score (nSPS) is 15.3. The van der Waals surface area contributed by atoms with E-state index >= 15 is 0 Å². The van der Waals surface area contributed by atoms with Crippen molar-refractivity contribution in [3.05, 3.63) is 45.4 Å². The standard InChI is InChI=1S/C16H17ClIN5O/c17-13-9-12(18)1-2-14(13)21-16(24)11-22-5-7-23(8-6-22)15-10-19-3-4-20-15/h1-4,9-10H,5-8,11H2,(H,21,24). The van der Waals surface area contributed by atoms with Gasteiger partial charge in [0.25, 0.3) is 0 Å². The second-order valence-corrected chi connectivity index (χ2v) is 7.15. The summed E-state index contributed by atoms with van der Waals surface area (Å²) in [6.07, 6.45) is 5.13. The van der Waals surface area contributed by atoms with Crippen molar-refractivity contribution in [1.82, 2.24) is 14.9 Å². The number of rotatable bonds is 4. The summed E-state index contributed by atoms with van der Waals surface area (Å²) in [7, 11) is 0. The summed E-state index contributed by atoms with van der Waals surface area (Å²) in [6, 6.07) is 5.58. The second kappa shape index (κ2) is 8.09. The number of piperazine rings is 1. The molecule has 1 aliphatic heterocycles. The SMILES string of the molecule is O=C(CN1CCN(c2cnccn2)CC1)Nc1ccc(I)cc1Cl. The van der Waals surface area contributed by atoms with Crippen LogP contribution in [0.25, 0.3) is 0 Å². The van der Waals surface area contributed by atoms with Gasteiger partial charge in [-0.1, -0.05) is 11.6 Å². The molecule has 126 valence electrons. The summed E-state index contributed by atoms with van der Waals surface area (Å²) in [5.74, 6) is 0.832. The van der Waals surface area contributed by atoms with Crippen molar-refractivity contribution in [3.63, 3.8) is 0 Å². The van der Waals surface area contributed by atoms with E-state index in [0.29, 0.717) is 17.3 Å². The molecule has 1 amide bonds.